The lowest BCUT2D eigenvalue weighted by Crippen LogP contribution is -3.13. The summed E-state index contributed by atoms with van der Waals surface area (Å²) in [7, 11) is 0. The van der Waals surface area contributed by atoms with E-state index in [0.717, 1.165) is 36.3 Å². The Morgan fingerprint density at radius 2 is 1.76 bits per heavy atom. The number of thiophene rings is 1. The number of benzene rings is 2. The van der Waals surface area contributed by atoms with Crippen LogP contribution >= 0.6 is 11.3 Å². The first-order valence-corrected chi connectivity index (χ1v) is 12.8. The van der Waals surface area contributed by atoms with E-state index >= 15 is 0 Å². The van der Waals surface area contributed by atoms with Gasteiger partial charge in [0.25, 0.3) is 0 Å². The molecule has 0 saturated carbocycles. The highest BCUT2D eigenvalue weighted by Gasteiger charge is 2.18. The van der Waals surface area contributed by atoms with E-state index in [-0.39, 0.29) is 17.6 Å². The lowest BCUT2D eigenvalue weighted by Gasteiger charge is -2.24. The van der Waals surface area contributed by atoms with Gasteiger partial charge in [0, 0.05) is 9.58 Å². The minimum absolute atomic E-state index is 0.172. The Kier molecular flexibility index (Phi) is 6.81. The summed E-state index contributed by atoms with van der Waals surface area (Å²) in [6.07, 6.45) is 12.8. The van der Waals surface area contributed by atoms with Crippen molar-refractivity contribution >= 4 is 21.4 Å². The predicted octanol–water partition coefficient (Wildman–Crippen LogP) is 4.86. The molecule has 1 aliphatic heterocycles. The average Bonchev–Trinajstić information content (AvgIpc) is 3.18. The van der Waals surface area contributed by atoms with Gasteiger partial charge in [-0.05, 0) is 96.7 Å². The van der Waals surface area contributed by atoms with Crippen LogP contribution in [0.4, 0.5) is 0 Å². The van der Waals surface area contributed by atoms with Crippen LogP contribution in [0.25, 0.3) is 20.5 Å². The van der Waals surface area contributed by atoms with Gasteiger partial charge in [-0.2, -0.15) is 0 Å². The molecule has 0 radical (unpaired) electrons. The molecule has 5 heteroatoms. The standard InChI is InChI=1S/C28H31NO3S/c30-22-8-6-21(7-9-22)28-26(25-13-10-23(31)19-27(25)33-28)18-20-4-11-24(12-5-20)32-17-16-29-14-2-1-3-15-29/h4-11,13,19,24,30-31H,1-3,12,14-18H2/p+1. The zero-order chi connectivity index (χ0) is 22.6. The SMILES string of the molecule is Oc1ccc(-c2sc3cc(O)ccc3c2CC2=CCC(OCC[NH+]3CCCCC3)C=C2)cc1. The normalized spacial score (nSPS) is 19.2. The van der Waals surface area contributed by atoms with Crippen LogP contribution in [0.2, 0.25) is 0 Å². The number of phenolic OH excluding ortho intramolecular Hbond substituents is 2. The molecule has 2 heterocycles. The van der Waals surface area contributed by atoms with Gasteiger partial charge in [0.2, 0.25) is 0 Å². The molecule has 5 rings (SSSR count). The van der Waals surface area contributed by atoms with Gasteiger partial charge in [0.15, 0.2) is 0 Å². The van der Waals surface area contributed by atoms with Gasteiger partial charge in [0.1, 0.15) is 18.0 Å². The molecule has 2 aromatic carbocycles. The lowest BCUT2D eigenvalue weighted by atomic mass is 9.95. The minimum Gasteiger partial charge on any atom is -0.508 e. The fourth-order valence-corrected chi connectivity index (χ4v) is 6.18. The summed E-state index contributed by atoms with van der Waals surface area (Å²) in [4.78, 5) is 2.88. The third kappa shape index (κ3) is 5.32. The predicted molar refractivity (Wildman–Crippen MR) is 135 cm³/mol. The van der Waals surface area contributed by atoms with Crippen molar-refractivity contribution < 1.29 is 19.8 Å². The number of likely N-dealkylation sites (tertiary alicyclic amines) is 1. The first-order chi connectivity index (χ1) is 16.2. The molecule has 1 unspecified atom stereocenters. The number of ether oxygens (including phenoxy) is 1. The molecule has 3 aromatic rings. The number of allylic oxidation sites excluding steroid dienone is 2. The van der Waals surface area contributed by atoms with E-state index < -0.39 is 0 Å². The van der Waals surface area contributed by atoms with Gasteiger partial charge in [0.05, 0.1) is 25.8 Å². The van der Waals surface area contributed by atoms with E-state index in [1.165, 1.54) is 53.8 Å². The molecule has 1 aromatic heterocycles. The van der Waals surface area contributed by atoms with Crippen molar-refractivity contribution in [3.63, 3.8) is 0 Å². The summed E-state index contributed by atoms with van der Waals surface area (Å²) in [5, 5.41) is 20.9. The summed E-state index contributed by atoms with van der Waals surface area (Å²) in [5.74, 6) is 0.556. The molecule has 4 nitrogen and oxygen atoms in total. The van der Waals surface area contributed by atoms with E-state index in [2.05, 4.69) is 18.2 Å². The zero-order valence-corrected chi connectivity index (χ0v) is 19.7. The monoisotopic (exact) mass is 462 g/mol. The van der Waals surface area contributed by atoms with Crippen molar-refractivity contribution in [3.8, 4) is 21.9 Å². The van der Waals surface area contributed by atoms with E-state index in [9.17, 15) is 10.2 Å². The van der Waals surface area contributed by atoms with Crippen LogP contribution in [0.1, 0.15) is 31.2 Å². The van der Waals surface area contributed by atoms with Crippen molar-refractivity contribution in [2.24, 2.45) is 0 Å². The third-order valence-electron chi connectivity index (χ3n) is 6.77. The van der Waals surface area contributed by atoms with Gasteiger partial charge in [-0.3, -0.25) is 0 Å². The van der Waals surface area contributed by atoms with Crippen molar-refractivity contribution in [1.82, 2.24) is 0 Å². The number of phenols is 2. The first-order valence-electron chi connectivity index (χ1n) is 12.0. The van der Waals surface area contributed by atoms with Crippen molar-refractivity contribution in [3.05, 3.63) is 71.8 Å². The van der Waals surface area contributed by atoms with Crippen LogP contribution < -0.4 is 4.90 Å². The van der Waals surface area contributed by atoms with Crippen LogP contribution in [0, 0.1) is 0 Å². The number of hydrogen-bond acceptors (Lipinski definition) is 4. The molecular formula is C28H32NO3S+. The second-order valence-electron chi connectivity index (χ2n) is 9.16. The maximum Gasteiger partial charge on any atom is 0.117 e. The number of fused-ring (bicyclic) bond motifs is 1. The van der Waals surface area contributed by atoms with Gasteiger partial charge < -0.3 is 19.8 Å². The number of quaternary nitrogens is 1. The summed E-state index contributed by atoms with van der Waals surface area (Å²) in [6.45, 7) is 4.54. The highest BCUT2D eigenvalue weighted by molar-refractivity contribution is 7.22. The summed E-state index contributed by atoms with van der Waals surface area (Å²) < 4.78 is 7.23. The fourth-order valence-electron chi connectivity index (χ4n) is 4.92. The molecule has 1 aliphatic carbocycles. The van der Waals surface area contributed by atoms with E-state index in [1.807, 2.05) is 24.3 Å². The van der Waals surface area contributed by atoms with Gasteiger partial charge in [-0.25, -0.2) is 0 Å². The molecule has 1 atom stereocenters. The van der Waals surface area contributed by atoms with Crippen LogP contribution in [0.3, 0.4) is 0 Å². The van der Waals surface area contributed by atoms with Crippen LogP contribution in [-0.4, -0.2) is 42.6 Å². The minimum atomic E-state index is 0.172. The Morgan fingerprint density at radius 3 is 2.52 bits per heavy atom. The Bertz CT molecular complexity index is 1160. The molecule has 1 fully saturated rings. The van der Waals surface area contributed by atoms with Gasteiger partial charge in [-0.1, -0.05) is 18.2 Å². The second-order valence-corrected chi connectivity index (χ2v) is 10.2. The zero-order valence-electron chi connectivity index (χ0n) is 18.9. The molecule has 172 valence electrons. The Hall–Kier alpha value is -2.60. The topological polar surface area (TPSA) is 54.1 Å². The molecule has 2 aliphatic rings. The van der Waals surface area contributed by atoms with Crippen molar-refractivity contribution in [1.29, 1.82) is 0 Å². The summed E-state index contributed by atoms with van der Waals surface area (Å²) in [5.41, 5.74) is 3.65. The smallest absolute Gasteiger partial charge is 0.117 e. The molecule has 1 saturated heterocycles. The molecule has 0 bridgehead atoms. The number of hydrogen-bond donors (Lipinski definition) is 3. The van der Waals surface area contributed by atoms with E-state index in [0.29, 0.717) is 0 Å². The Morgan fingerprint density at radius 1 is 0.970 bits per heavy atom. The Balaban J connectivity index is 1.28. The van der Waals surface area contributed by atoms with Crippen molar-refractivity contribution in [2.75, 3.05) is 26.2 Å². The maximum atomic E-state index is 9.98. The number of aromatic hydroxyl groups is 2. The quantitative estimate of drug-likeness (QED) is 0.470. The van der Waals surface area contributed by atoms with Gasteiger partial charge in [-0.15, -0.1) is 11.3 Å². The van der Waals surface area contributed by atoms with E-state index in [1.54, 1.807) is 34.4 Å². The summed E-state index contributed by atoms with van der Waals surface area (Å²) in [6, 6.07) is 13.0. The number of nitrogens with one attached hydrogen (secondary N) is 1. The first kappa shape index (κ1) is 22.2. The number of piperidine rings is 1. The fraction of sp³-hybridized carbons (Fsp3) is 0.357. The molecule has 0 spiro atoms. The van der Waals surface area contributed by atoms with Crippen LogP contribution in [0.5, 0.6) is 11.5 Å². The van der Waals surface area contributed by atoms with E-state index in [4.69, 9.17) is 4.74 Å². The molecule has 33 heavy (non-hydrogen) atoms. The van der Waals surface area contributed by atoms with Crippen LogP contribution in [0.15, 0.2) is 66.3 Å². The maximum absolute atomic E-state index is 9.98. The van der Waals surface area contributed by atoms with Crippen molar-refractivity contribution in [2.45, 2.75) is 38.2 Å². The Labute approximate surface area is 199 Å². The molecule has 3 N–H and O–H groups in total. The molecule has 0 amide bonds. The highest BCUT2D eigenvalue weighted by Crippen LogP contribution is 2.41. The average molecular weight is 463 g/mol. The molecular weight excluding hydrogens is 430 g/mol. The highest BCUT2D eigenvalue weighted by atomic mass is 32.1. The van der Waals surface area contributed by atoms with Gasteiger partial charge >= 0.3 is 0 Å². The summed E-state index contributed by atoms with van der Waals surface area (Å²) >= 11 is 1.69. The third-order valence-corrected chi connectivity index (χ3v) is 8.02. The number of rotatable bonds is 7. The van der Waals surface area contributed by atoms with Crippen LogP contribution in [-0.2, 0) is 11.2 Å². The second kappa shape index (κ2) is 10.1. The lowest BCUT2D eigenvalue weighted by molar-refractivity contribution is -0.905. The largest absolute Gasteiger partial charge is 0.508 e.